The molecule has 2 aromatic carbocycles. The fraction of sp³-hybridized carbons (Fsp3) is 0.440. The van der Waals surface area contributed by atoms with Gasteiger partial charge in [-0.1, -0.05) is 51.1 Å². The number of aryl methyl sites for hydroxylation is 1. The maximum absolute atomic E-state index is 12.2. The first-order chi connectivity index (χ1) is 14.0. The Bertz CT molecular complexity index is 872. The second-order valence-corrected chi connectivity index (χ2v) is 7.70. The summed E-state index contributed by atoms with van der Waals surface area (Å²) in [4.78, 5) is 6.02. The van der Waals surface area contributed by atoms with Gasteiger partial charge in [0, 0.05) is 42.3 Å². The van der Waals surface area contributed by atoms with E-state index in [1.807, 2.05) is 26.8 Å². The number of nitrogens with one attached hydrogen (secondary N) is 1. The Morgan fingerprint density at radius 1 is 1.17 bits per heavy atom. The van der Waals surface area contributed by atoms with E-state index in [2.05, 4.69) is 48.0 Å². The zero-order valence-corrected chi connectivity index (χ0v) is 18.4. The maximum Gasteiger partial charge on any atom is 0.123 e. The largest absolute Gasteiger partial charge is 0.396 e. The first kappa shape index (κ1) is 23.1. The topological polar surface area (TPSA) is 39.3 Å². The van der Waals surface area contributed by atoms with Gasteiger partial charge in [0.15, 0.2) is 0 Å². The lowest BCUT2D eigenvalue weighted by atomic mass is 9.96. The quantitative estimate of drug-likeness (QED) is 0.594. The van der Waals surface area contributed by atoms with E-state index < -0.39 is 0 Å². The van der Waals surface area contributed by atoms with Gasteiger partial charge in [0.2, 0.25) is 0 Å². The number of fused-ring (bicyclic) bond motifs is 3. The van der Waals surface area contributed by atoms with Crippen LogP contribution < -0.4 is 0 Å². The van der Waals surface area contributed by atoms with Crippen LogP contribution in [-0.4, -0.2) is 34.2 Å². The minimum atomic E-state index is -0.162. The van der Waals surface area contributed by atoms with Crippen molar-refractivity contribution in [1.82, 2.24) is 9.88 Å². The Morgan fingerprint density at radius 2 is 1.90 bits per heavy atom. The molecule has 3 nitrogen and oxygen atoms in total. The predicted octanol–water partition coefficient (Wildman–Crippen LogP) is 5.70. The van der Waals surface area contributed by atoms with Gasteiger partial charge in [-0.3, -0.25) is 4.90 Å². The van der Waals surface area contributed by atoms with Gasteiger partial charge in [0.25, 0.3) is 0 Å². The second-order valence-electron chi connectivity index (χ2n) is 7.70. The highest BCUT2D eigenvalue weighted by Gasteiger charge is 2.26. The van der Waals surface area contributed by atoms with E-state index in [9.17, 15) is 9.50 Å². The number of aromatic amines is 1. The maximum atomic E-state index is 12.2. The lowest BCUT2D eigenvalue weighted by molar-refractivity contribution is 0.127. The number of aliphatic hydroxyl groups is 1. The van der Waals surface area contributed by atoms with Crippen LogP contribution in [0.5, 0.6) is 0 Å². The van der Waals surface area contributed by atoms with E-state index >= 15 is 0 Å². The number of aliphatic hydroxyl groups excluding tert-OH is 1. The van der Waals surface area contributed by atoms with Crippen LogP contribution in [-0.2, 0) is 13.0 Å². The molecule has 0 spiro atoms. The van der Waals surface area contributed by atoms with E-state index in [0.29, 0.717) is 12.0 Å². The number of nitrogens with zero attached hydrogens (tertiary/aromatic N) is 1. The van der Waals surface area contributed by atoms with Crippen molar-refractivity contribution in [2.75, 3.05) is 13.2 Å². The summed E-state index contributed by atoms with van der Waals surface area (Å²) < 4.78 is 12.2. The van der Waals surface area contributed by atoms with Gasteiger partial charge in [-0.2, -0.15) is 0 Å². The SMILES string of the molecule is CC.C[C@@H](CO)CN1Cc2[nH]c3ccccc3c2C[C@H]1C.Cc1cccc(F)c1. The average Bonchev–Trinajstić information content (AvgIpc) is 3.07. The Balaban J connectivity index is 0.000000252. The number of para-hydroxylation sites is 1. The summed E-state index contributed by atoms with van der Waals surface area (Å²) in [6.07, 6.45) is 1.09. The van der Waals surface area contributed by atoms with Crippen molar-refractivity contribution < 1.29 is 9.50 Å². The first-order valence-electron chi connectivity index (χ1n) is 10.6. The third-order valence-electron chi connectivity index (χ3n) is 5.22. The standard InChI is InChI=1S/C16H22N2O.C7H7F.C2H6/c1-11(10-19)8-18-9-16-14(7-12(18)2)13-5-3-4-6-15(13)17-16;1-6-3-2-4-7(8)5-6;1-2/h3-6,11-12,17,19H,7-10H2,1-2H3;2-5H,1H3;1-2H3/t11-,12-;;/m1../s1. The van der Waals surface area contributed by atoms with Crippen LogP contribution in [0.25, 0.3) is 10.9 Å². The first-order valence-corrected chi connectivity index (χ1v) is 10.6. The third-order valence-corrected chi connectivity index (χ3v) is 5.22. The van der Waals surface area contributed by atoms with Crippen molar-refractivity contribution >= 4 is 10.9 Å². The molecule has 158 valence electrons. The smallest absolute Gasteiger partial charge is 0.123 e. The Kier molecular flexibility index (Phi) is 8.87. The summed E-state index contributed by atoms with van der Waals surface area (Å²) in [7, 11) is 0. The molecule has 0 amide bonds. The van der Waals surface area contributed by atoms with Gasteiger partial charge >= 0.3 is 0 Å². The molecule has 1 aliphatic rings. The molecular formula is C25H35FN2O. The molecule has 1 aromatic heterocycles. The van der Waals surface area contributed by atoms with Gasteiger partial charge in [-0.15, -0.1) is 0 Å². The van der Waals surface area contributed by atoms with Gasteiger partial charge in [-0.25, -0.2) is 4.39 Å². The number of halogens is 1. The molecule has 2 N–H and O–H groups in total. The van der Waals surface area contributed by atoms with E-state index in [1.54, 1.807) is 6.07 Å². The fourth-order valence-electron chi connectivity index (χ4n) is 3.72. The third kappa shape index (κ3) is 6.15. The summed E-state index contributed by atoms with van der Waals surface area (Å²) in [5.74, 6) is 0.179. The predicted molar refractivity (Wildman–Crippen MR) is 121 cm³/mol. The van der Waals surface area contributed by atoms with E-state index in [4.69, 9.17) is 0 Å². The summed E-state index contributed by atoms with van der Waals surface area (Å²) in [6, 6.07) is 15.6. The lowest BCUT2D eigenvalue weighted by Gasteiger charge is -2.35. The van der Waals surface area contributed by atoms with Crippen LogP contribution in [0.1, 0.15) is 44.5 Å². The fourth-order valence-corrected chi connectivity index (χ4v) is 3.72. The highest BCUT2D eigenvalue weighted by molar-refractivity contribution is 5.84. The van der Waals surface area contributed by atoms with E-state index in [1.165, 1.54) is 34.3 Å². The second kappa shape index (κ2) is 11.1. The number of hydrogen-bond donors (Lipinski definition) is 2. The molecular weight excluding hydrogens is 363 g/mol. The molecule has 0 aliphatic carbocycles. The number of benzene rings is 2. The van der Waals surface area contributed by atoms with Crippen LogP contribution in [0.3, 0.4) is 0 Å². The van der Waals surface area contributed by atoms with Crippen molar-refractivity contribution in [3.8, 4) is 0 Å². The lowest BCUT2D eigenvalue weighted by Crippen LogP contribution is -2.41. The minimum Gasteiger partial charge on any atom is -0.396 e. The monoisotopic (exact) mass is 398 g/mol. The summed E-state index contributed by atoms with van der Waals surface area (Å²) in [5.41, 5.74) is 5.04. The minimum absolute atomic E-state index is 0.162. The Morgan fingerprint density at radius 3 is 2.52 bits per heavy atom. The Hall–Kier alpha value is -2.17. The molecule has 0 bridgehead atoms. The van der Waals surface area contributed by atoms with Crippen molar-refractivity contribution in [3.05, 3.63) is 71.2 Å². The zero-order valence-electron chi connectivity index (χ0n) is 18.4. The van der Waals surface area contributed by atoms with Crippen LogP contribution in [0.2, 0.25) is 0 Å². The molecule has 3 aromatic rings. The average molecular weight is 399 g/mol. The molecule has 0 fully saturated rings. The molecule has 4 heteroatoms. The molecule has 4 rings (SSSR count). The van der Waals surface area contributed by atoms with Crippen LogP contribution in [0, 0.1) is 18.7 Å². The van der Waals surface area contributed by atoms with Crippen LogP contribution >= 0.6 is 0 Å². The molecule has 0 radical (unpaired) electrons. The van der Waals surface area contributed by atoms with Crippen molar-refractivity contribution in [3.63, 3.8) is 0 Å². The van der Waals surface area contributed by atoms with Crippen molar-refractivity contribution in [2.24, 2.45) is 5.92 Å². The van der Waals surface area contributed by atoms with E-state index in [0.717, 1.165) is 25.1 Å². The highest BCUT2D eigenvalue weighted by atomic mass is 19.1. The summed E-state index contributed by atoms with van der Waals surface area (Å²) in [5, 5.41) is 10.6. The van der Waals surface area contributed by atoms with Gasteiger partial charge in [0.05, 0.1) is 0 Å². The number of rotatable bonds is 3. The highest BCUT2D eigenvalue weighted by Crippen LogP contribution is 2.30. The number of aromatic nitrogens is 1. The normalized spacial score (nSPS) is 16.9. The van der Waals surface area contributed by atoms with Crippen molar-refractivity contribution in [1.29, 1.82) is 0 Å². The molecule has 1 aliphatic heterocycles. The van der Waals surface area contributed by atoms with E-state index in [-0.39, 0.29) is 12.4 Å². The molecule has 2 atom stereocenters. The van der Waals surface area contributed by atoms with Crippen LogP contribution in [0.4, 0.5) is 4.39 Å². The van der Waals surface area contributed by atoms with Crippen molar-refractivity contribution in [2.45, 2.75) is 53.6 Å². The zero-order chi connectivity index (χ0) is 21.4. The van der Waals surface area contributed by atoms with Crippen LogP contribution in [0.15, 0.2) is 48.5 Å². The molecule has 0 unspecified atom stereocenters. The Labute approximate surface area is 174 Å². The van der Waals surface area contributed by atoms with Gasteiger partial charge < -0.3 is 10.1 Å². The molecule has 0 saturated carbocycles. The number of hydrogen-bond acceptors (Lipinski definition) is 2. The summed E-state index contributed by atoms with van der Waals surface area (Å²) in [6.45, 7) is 12.5. The summed E-state index contributed by atoms with van der Waals surface area (Å²) >= 11 is 0. The van der Waals surface area contributed by atoms with Gasteiger partial charge in [-0.05, 0) is 55.5 Å². The molecule has 2 heterocycles. The molecule has 29 heavy (non-hydrogen) atoms. The van der Waals surface area contributed by atoms with Gasteiger partial charge in [0.1, 0.15) is 5.82 Å². The molecule has 0 saturated heterocycles. The number of H-pyrrole nitrogens is 1.